The first-order valence-electron chi connectivity index (χ1n) is 8.43. The van der Waals surface area contributed by atoms with E-state index in [4.69, 9.17) is 11.6 Å². The number of carbonyl (C=O) groups is 1. The van der Waals surface area contributed by atoms with E-state index >= 15 is 0 Å². The van der Waals surface area contributed by atoms with Gasteiger partial charge < -0.3 is 0 Å². The van der Waals surface area contributed by atoms with E-state index in [1.807, 2.05) is 32.0 Å². The van der Waals surface area contributed by atoms with E-state index < -0.39 is 21.9 Å². The number of urea groups is 1. The molecule has 2 heterocycles. The number of fused-ring (bicyclic) bond motifs is 1. The van der Waals surface area contributed by atoms with E-state index in [9.17, 15) is 13.2 Å². The van der Waals surface area contributed by atoms with Crippen molar-refractivity contribution >= 4 is 38.8 Å². The smallest absolute Gasteiger partial charge is 0.288 e. The van der Waals surface area contributed by atoms with Crippen LogP contribution in [0.4, 0.5) is 16.2 Å². The van der Waals surface area contributed by atoms with Crippen LogP contribution in [0.15, 0.2) is 42.5 Å². The Morgan fingerprint density at radius 3 is 2.35 bits per heavy atom. The van der Waals surface area contributed by atoms with Crippen molar-refractivity contribution in [3.8, 4) is 0 Å². The first-order chi connectivity index (χ1) is 12.3. The standard InChI is InChI=1S/C19H19ClN2O3S/c1-12-5-3-8-16(13(12)2)22-18-11-26(24,25)10-17(18)21(19(22)23)15-7-4-6-14(20)9-15/h3-9,17-18H,10-11H2,1-2H3/t17-,18-/m0/s1. The molecule has 7 heteroatoms. The third-order valence-electron chi connectivity index (χ3n) is 5.29. The molecule has 2 aromatic carbocycles. The zero-order valence-corrected chi connectivity index (χ0v) is 16.1. The molecule has 2 fully saturated rings. The van der Waals surface area contributed by atoms with Gasteiger partial charge in [0.25, 0.3) is 0 Å². The molecule has 2 aliphatic heterocycles. The second kappa shape index (κ2) is 5.99. The molecule has 0 radical (unpaired) electrons. The van der Waals surface area contributed by atoms with Crippen LogP contribution < -0.4 is 9.80 Å². The van der Waals surface area contributed by atoms with Crippen molar-refractivity contribution in [2.24, 2.45) is 0 Å². The summed E-state index contributed by atoms with van der Waals surface area (Å²) in [6.45, 7) is 3.94. The maximum Gasteiger partial charge on any atom is 0.329 e. The van der Waals surface area contributed by atoms with E-state index in [0.29, 0.717) is 10.7 Å². The van der Waals surface area contributed by atoms with Crippen molar-refractivity contribution in [1.82, 2.24) is 0 Å². The molecule has 4 rings (SSSR count). The predicted molar refractivity (Wildman–Crippen MR) is 104 cm³/mol. The van der Waals surface area contributed by atoms with Crippen molar-refractivity contribution < 1.29 is 13.2 Å². The Hall–Kier alpha value is -2.05. The minimum absolute atomic E-state index is 0.0200. The highest BCUT2D eigenvalue weighted by Crippen LogP contribution is 2.39. The van der Waals surface area contributed by atoms with Crippen LogP contribution in [0.25, 0.3) is 0 Å². The zero-order valence-electron chi connectivity index (χ0n) is 14.5. The summed E-state index contributed by atoms with van der Waals surface area (Å²) in [6, 6.07) is 11.7. The molecule has 2 amide bonds. The summed E-state index contributed by atoms with van der Waals surface area (Å²) in [5.74, 6) is -0.0505. The Balaban J connectivity index is 1.86. The maximum absolute atomic E-state index is 13.3. The van der Waals surface area contributed by atoms with Crippen LogP contribution in [0.3, 0.4) is 0 Å². The molecule has 2 atom stereocenters. The van der Waals surface area contributed by atoms with Gasteiger partial charge in [-0.05, 0) is 49.2 Å². The average Bonchev–Trinajstić information content (AvgIpc) is 2.99. The SMILES string of the molecule is Cc1cccc(N2C(=O)N(c3cccc(Cl)c3)[C@H]3CS(=O)(=O)C[C@@H]32)c1C. The van der Waals surface area contributed by atoms with Gasteiger partial charge in [-0.15, -0.1) is 0 Å². The van der Waals surface area contributed by atoms with E-state index in [2.05, 4.69) is 0 Å². The molecule has 5 nitrogen and oxygen atoms in total. The fourth-order valence-corrected chi connectivity index (χ4v) is 6.01. The molecule has 136 valence electrons. The number of benzene rings is 2. The molecular formula is C19H19ClN2O3S. The Labute approximate surface area is 158 Å². The Morgan fingerprint density at radius 2 is 1.65 bits per heavy atom. The van der Waals surface area contributed by atoms with Crippen molar-refractivity contribution in [1.29, 1.82) is 0 Å². The summed E-state index contributed by atoms with van der Waals surface area (Å²) in [4.78, 5) is 16.6. The molecule has 0 aromatic heterocycles. The first-order valence-corrected chi connectivity index (χ1v) is 10.6. The summed E-state index contributed by atoms with van der Waals surface area (Å²) < 4.78 is 24.7. The number of amides is 2. The van der Waals surface area contributed by atoms with Crippen molar-refractivity contribution in [3.05, 3.63) is 58.6 Å². The van der Waals surface area contributed by atoms with Crippen LogP contribution in [0, 0.1) is 13.8 Å². The van der Waals surface area contributed by atoms with Gasteiger partial charge in [-0.3, -0.25) is 9.80 Å². The minimum atomic E-state index is -3.21. The molecule has 2 aliphatic rings. The summed E-state index contributed by atoms with van der Waals surface area (Å²) >= 11 is 6.10. The summed E-state index contributed by atoms with van der Waals surface area (Å²) in [5.41, 5.74) is 3.44. The summed E-state index contributed by atoms with van der Waals surface area (Å²) in [5, 5.41) is 0.512. The number of rotatable bonds is 2. The third kappa shape index (κ3) is 2.68. The quantitative estimate of drug-likeness (QED) is 0.736. The summed E-state index contributed by atoms with van der Waals surface area (Å²) in [7, 11) is -3.21. The monoisotopic (exact) mass is 390 g/mol. The van der Waals surface area contributed by atoms with Crippen LogP contribution in [-0.2, 0) is 9.84 Å². The molecule has 0 aliphatic carbocycles. The fraction of sp³-hybridized carbons (Fsp3) is 0.316. The normalized spacial score (nSPS) is 24.2. The molecule has 0 bridgehead atoms. The average molecular weight is 391 g/mol. The molecule has 0 N–H and O–H groups in total. The molecule has 0 unspecified atom stereocenters. The highest BCUT2D eigenvalue weighted by molar-refractivity contribution is 7.91. The van der Waals surface area contributed by atoms with Crippen molar-refractivity contribution in [2.45, 2.75) is 25.9 Å². The maximum atomic E-state index is 13.3. The van der Waals surface area contributed by atoms with Crippen LogP contribution in [0.2, 0.25) is 5.02 Å². The first kappa shape index (κ1) is 17.4. The van der Waals surface area contributed by atoms with Gasteiger partial charge in [0.2, 0.25) is 0 Å². The van der Waals surface area contributed by atoms with Gasteiger partial charge >= 0.3 is 6.03 Å². The summed E-state index contributed by atoms with van der Waals surface area (Å²) in [6.07, 6.45) is 0. The minimum Gasteiger partial charge on any atom is -0.288 e. The van der Waals surface area contributed by atoms with Gasteiger partial charge in [-0.2, -0.15) is 0 Å². The number of aryl methyl sites for hydroxylation is 1. The third-order valence-corrected chi connectivity index (χ3v) is 7.22. The van der Waals surface area contributed by atoms with E-state index in [1.54, 1.807) is 34.1 Å². The fourth-order valence-electron chi connectivity index (χ4n) is 3.91. The lowest BCUT2D eigenvalue weighted by Crippen LogP contribution is -2.38. The molecule has 0 saturated carbocycles. The molecule has 2 aromatic rings. The van der Waals surface area contributed by atoms with Crippen LogP contribution in [-0.4, -0.2) is 38.0 Å². The Kier molecular flexibility index (Phi) is 4.00. The zero-order chi connectivity index (χ0) is 18.6. The van der Waals surface area contributed by atoms with Crippen LogP contribution in [0.5, 0.6) is 0 Å². The number of sulfone groups is 1. The highest BCUT2D eigenvalue weighted by atomic mass is 35.5. The topological polar surface area (TPSA) is 57.7 Å². The van der Waals surface area contributed by atoms with Crippen LogP contribution >= 0.6 is 11.6 Å². The molecular weight excluding hydrogens is 372 g/mol. The second-order valence-corrected chi connectivity index (χ2v) is 9.52. The number of hydrogen-bond acceptors (Lipinski definition) is 3. The number of anilines is 2. The Morgan fingerprint density at radius 1 is 1.00 bits per heavy atom. The van der Waals surface area contributed by atoms with Crippen molar-refractivity contribution in [2.75, 3.05) is 21.3 Å². The lowest BCUT2D eigenvalue weighted by molar-refractivity contribution is 0.255. The van der Waals surface area contributed by atoms with E-state index in [0.717, 1.165) is 16.8 Å². The molecule has 0 spiro atoms. The molecule has 26 heavy (non-hydrogen) atoms. The largest absolute Gasteiger partial charge is 0.329 e. The van der Waals surface area contributed by atoms with E-state index in [1.165, 1.54) is 0 Å². The van der Waals surface area contributed by atoms with Gasteiger partial charge in [-0.25, -0.2) is 13.2 Å². The van der Waals surface area contributed by atoms with Gasteiger partial charge in [0.1, 0.15) is 0 Å². The van der Waals surface area contributed by atoms with Gasteiger partial charge in [-0.1, -0.05) is 29.8 Å². The Bertz CT molecular complexity index is 1010. The van der Waals surface area contributed by atoms with Crippen molar-refractivity contribution in [3.63, 3.8) is 0 Å². The second-order valence-electron chi connectivity index (χ2n) is 6.93. The lowest BCUT2D eigenvalue weighted by Gasteiger charge is -2.24. The predicted octanol–water partition coefficient (Wildman–Crippen LogP) is 3.57. The van der Waals surface area contributed by atoms with Gasteiger partial charge in [0.15, 0.2) is 9.84 Å². The number of nitrogens with zero attached hydrogens (tertiary/aromatic N) is 2. The number of hydrogen-bond donors (Lipinski definition) is 0. The lowest BCUT2D eigenvalue weighted by atomic mass is 10.1. The van der Waals surface area contributed by atoms with Crippen LogP contribution in [0.1, 0.15) is 11.1 Å². The number of halogens is 1. The number of carbonyl (C=O) groups excluding carboxylic acids is 1. The van der Waals surface area contributed by atoms with Gasteiger partial charge in [0, 0.05) is 16.4 Å². The highest BCUT2D eigenvalue weighted by Gasteiger charge is 2.54. The molecule has 2 saturated heterocycles. The van der Waals surface area contributed by atoms with Gasteiger partial charge in [0.05, 0.1) is 23.6 Å². The van der Waals surface area contributed by atoms with E-state index in [-0.39, 0.29) is 17.5 Å².